The quantitative estimate of drug-likeness (QED) is 0.727. The number of aromatic nitrogens is 2. The predicted molar refractivity (Wildman–Crippen MR) is 111 cm³/mol. The second-order valence-electron chi connectivity index (χ2n) is 9.21. The van der Waals surface area contributed by atoms with Crippen molar-refractivity contribution in [1.82, 2.24) is 9.78 Å². The van der Waals surface area contributed by atoms with Gasteiger partial charge in [-0.05, 0) is 46.1 Å². The number of anilines is 2. The van der Waals surface area contributed by atoms with Crippen LogP contribution in [-0.2, 0) is 28.6 Å². The number of carboxylic acids is 1. The van der Waals surface area contributed by atoms with Crippen LogP contribution in [-0.4, -0.2) is 20.9 Å². The Hall–Kier alpha value is -2.30. The molecule has 0 saturated carbocycles. The number of nitrogens with one attached hydrogen (secondary N) is 1. The number of aryl methyl sites for hydroxylation is 1. The molecule has 0 saturated heterocycles. The van der Waals surface area contributed by atoms with Gasteiger partial charge in [0.05, 0.1) is 6.42 Å². The van der Waals surface area contributed by atoms with Crippen LogP contribution < -0.4 is 5.32 Å². The van der Waals surface area contributed by atoms with E-state index in [-0.39, 0.29) is 17.3 Å². The molecule has 2 aromatic rings. The molecule has 0 aliphatic rings. The van der Waals surface area contributed by atoms with E-state index < -0.39 is 5.97 Å². The van der Waals surface area contributed by atoms with Crippen molar-refractivity contribution in [2.45, 2.75) is 78.7 Å². The molecule has 1 aromatic heterocycles. The van der Waals surface area contributed by atoms with Gasteiger partial charge in [0.2, 0.25) is 0 Å². The Morgan fingerprint density at radius 3 is 2.11 bits per heavy atom. The van der Waals surface area contributed by atoms with Crippen molar-refractivity contribution in [3.63, 3.8) is 0 Å². The van der Waals surface area contributed by atoms with Crippen LogP contribution in [0.5, 0.6) is 0 Å². The first-order valence-corrected chi connectivity index (χ1v) is 9.62. The van der Waals surface area contributed by atoms with E-state index in [2.05, 4.69) is 71.0 Å². The van der Waals surface area contributed by atoms with Gasteiger partial charge < -0.3 is 10.4 Å². The molecule has 148 valence electrons. The fourth-order valence-electron chi connectivity index (χ4n) is 3.35. The van der Waals surface area contributed by atoms with E-state index in [9.17, 15) is 9.90 Å². The van der Waals surface area contributed by atoms with Crippen molar-refractivity contribution in [3.05, 3.63) is 41.1 Å². The number of carbonyl (C=O) groups is 1. The monoisotopic (exact) mass is 371 g/mol. The highest BCUT2D eigenvalue weighted by Gasteiger charge is 2.27. The first-order chi connectivity index (χ1) is 12.4. The minimum Gasteiger partial charge on any atom is -0.481 e. The van der Waals surface area contributed by atoms with Crippen molar-refractivity contribution in [2.75, 3.05) is 5.32 Å². The van der Waals surface area contributed by atoms with Crippen LogP contribution in [0.15, 0.2) is 24.4 Å². The summed E-state index contributed by atoms with van der Waals surface area (Å²) < 4.78 is 1.93. The van der Waals surface area contributed by atoms with Crippen LogP contribution in [0.3, 0.4) is 0 Å². The molecule has 0 aliphatic heterocycles. The molecule has 0 bridgehead atoms. The molecule has 2 N–H and O–H groups in total. The van der Waals surface area contributed by atoms with Gasteiger partial charge in [0.25, 0.3) is 0 Å². The standard InChI is InChI=1S/C22H33N3O2/c1-8-10-25-11-9-19(24-25)23-15-12-17(21(2,3)4)16(14-20(26)27)18(13-15)22(5,6)7/h9,11-13H,8,10,14H2,1-7H3,(H,23,24)(H,26,27). The van der Waals surface area contributed by atoms with Gasteiger partial charge in [-0.3, -0.25) is 9.48 Å². The summed E-state index contributed by atoms with van der Waals surface area (Å²) in [5.74, 6) is -0.000768. The topological polar surface area (TPSA) is 67.2 Å². The molecular weight excluding hydrogens is 338 g/mol. The van der Waals surface area contributed by atoms with Crippen LogP contribution in [0.1, 0.15) is 71.6 Å². The molecule has 0 fully saturated rings. The second kappa shape index (κ2) is 7.75. The third-order valence-corrected chi connectivity index (χ3v) is 4.56. The number of nitrogens with zero attached hydrogens (tertiary/aromatic N) is 2. The van der Waals surface area contributed by atoms with Crippen molar-refractivity contribution >= 4 is 17.5 Å². The maximum absolute atomic E-state index is 11.5. The Balaban J connectivity index is 2.56. The lowest BCUT2D eigenvalue weighted by molar-refractivity contribution is -0.136. The molecule has 0 spiro atoms. The SMILES string of the molecule is CCCn1ccc(Nc2cc(C(C)(C)C)c(CC(=O)O)c(C(C)(C)C)c2)n1. The molecule has 2 rings (SSSR count). The van der Waals surface area contributed by atoms with Crippen molar-refractivity contribution in [3.8, 4) is 0 Å². The molecule has 5 nitrogen and oxygen atoms in total. The molecular formula is C22H33N3O2. The zero-order valence-corrected chi connectivity index (χ0v) is 17.7. The van der Waals surface area contributed by atoms with Gasteiger partial charge in [-0.1, -0.05) is 48.5 Å². The minimum absolute atomic E-state index is 0.0324. The number of benzene rings is 1. The third kappa shape index (κ3) is 5.34. The summed E-state index contributed by atoms with van der Waals surface area (Å²) in [6.45, 7) is 15.8. The fourth-order valence-corrected chi connectivity index (χ4v) is 3.35. The van der Waals surface area contributed by atoms with E-state index in [4.69, 9.17) is 0 Å². The van der Waals surface area contributed by atoms with Gasteiger partial charge in [0, 0.05) is 24.5 Å². The zero-order valence-electron chi connectivity index (χ0n) is 17.7. The van der Waals surface area contributed by atoms with Crippen LogP contribution in [0, 0.1) is 0 Å². The van der Waals surface area contributed by atoms with Crippen molar-refractivity contribution in [2.24, 2.45) is 0 Å². The molecule has 1 heterocycles. The lowest BCUT2D eigenvalue weighted by Gasteiger charge is -2.30. The van der Waals surface area contributed by atoms with Gasteiger partial charge in [-0.25, -0.2) is 0 Å². The van der Waals surface area contributed by atoms with Crippen molar-refractivity contribution < 1.29 is 9.90 Å². The Morgan fingerprint density at radius 1 is 1.11 bits per heavy atom. The van der Waals surface area contributed by atoms with Crippen LogP contribution >= 0.6 is 0 Å². The maximum Gasteiger partial charge on any atom is 0.307 e. The van der Waals surface area contributed by atoms with Crippen LogP contribution in [0.2, 0.25) is 0 Å². The lowest BCUT2D eigenvalue weighted by Crippen LogP contribution is -2.23. The van der Waals surface area contributed by atoms with Gasteiger partial charge in [0.15, 0.2) is 5.82 Å². The average Bonchev–Trinajstić information content (AvgIpc) is 2.93. The lowest BCUT2D eigenvalue weighted by atomic mass is 9.75. The van der Waals surface area contributed by atoms with Crippen LogP contribution in [0.25, 0.3) is 0 Å². The fraction of sp³-hybridized carbons (Fsp3) is 0.545. The Kier molecular flexibility index (Phi) is 6.03. The van der Waals surface area contributed by atoms with E-state index in [1.165, 1.54) is 0 Å². The van der Waals surface area contributed by atoms with E-state index in [1.807, 2.05) is 16.9 Å². The van der Waals surface area contributed by atoms with Gasteiger partial charge >= 0.3 is 5.97 Å². The zero-order chi connectivity index (χ0) is 20.4. The number of hydrogen-bond donors (Lipinski definition) is 2. The third-order valence-electron chi connectivity index (χ3n) is 4.56. The van der Waals surface area contributed by atoms with E-state index >= 15 is 0 Å². The summed E-state index contributed by atoms with van der Waals surface area (Å²) >= 11 is 0. The van der Waals surface area contributed by atoms with Gasteiger partial charge in [-0.2, -0.15) is 5.10 Å². The van der Waals surface area contributed by atoms with E-state index in [0.29, 0.717) is 0 Å². The maximum atomic E-state index is 11.5. The largest absolute Gasteiger partial charge is 0.481 e. The normalized spacial score (nSPS) is 12.3. The predicted octanol–water partition coefficient (Wildman–Crippen LogP) is 5.26. The summed E-state index contributed by atoms with van der Waals surface area (Å²) in [6, 6.07) is 6.12. The van der Waals surface area contributed by atoms with E-state index in [1.54, 1.807) is 0 Å². The number of carboxylic acid groups (broad SMARTS) is 1. The van der Waals surface area contributed by atoms with Crippen molar-refractivity contribution in [1.29, 1.82) is 0 Å². The van der Waals surface area contributed by atoms with Gasteiger partial charge in [-0.15, -0.1) is 0 Å². The molecule has 0 unspecified atom stereocenters. The summed E-state index contributed by atoms with van der Waals surface area (Å²) in [7, 11) is 0. The number of rotatable bonds is 6. The summed E-state index contributed by atoms with van der Waals surface area (Å²) in [6.07, 6.45) is 3.04. The Bertz CT molecular complexity index is 773. The first-order valence-electron chi connectivity index (χ1n) is 9.62. The second-order valence-corrected chi connectivity index (χ2v) is 9.21. The summed E-state index contributed by atoms with van der Waals surface area (Å²) in [5, 5.41) is 17.4. The average molecular weight is 372 g/mol. The van der Waals surface area contributed by atoms with Crippen LogP contribution in [0.4, 0.5) is 11.5 Å². The number of hydrogen-bond acceptors (Lipinski definition) is 3. The van der Waals surface area contributed by atoms with Gasteiger partial charge in [0.1, 0.15) is 0 Å². The molecule has 27 heavy (non-hydrogen) atoms. The molecule has 0 amide bonds. The highest BCUT2D eigenvalue weighted by molar-refractivity contribution is 5.73. The molecule has 5 heteroatoms. The molecule has 1 aromatic carbocycles. The Labute approximate surface area is 162 Å². The summed E-state index contributed by atoms with van der Waals surface area (Å²) in [5.41, 5.74) is 3.67. The number of aliphatic carboxylic acids is 1. The first kappa shape index (κ1) is 21.0. The van der Waals surface area contributed by atoms with E-state index in [0.717, 1.165) is 41.2 Å². The minimum atomic E-state index is -0.801. The molecule has 0 aliphatic carbocycles. The smallest absolute Gasteiger partial charge is 0.307 e. The highest BCUT2D eigenvalue weighted by atomic mass is 16.4. The molecule has 0 atom stereocenters. The molecule has 0 radical (unpaired) electrons. The Morgan fingerprint density at radius 2 is 1.67 bits per heavy atom. The highest BCUT2D eigenvalue weighted by Crippen LogP contribution is 2.37. The summed E-state index contributed by atoms with van der Waals surface area (Å²) in [4.78, 5) is 11.5.